The predicted molar refractivity (Wildman–Crippen MR) is 79.2 cm³/mol. The molecule has 108 valence electrons. The number of nitrogens with zero attached hydrogens (tertiary/aromatic N) is 1. The van der Waals surface area contributed by atoms with Crippen molar-refractivity contribution in [2.45, 2.75) is 31.3 Å². The van der Waals surface area contributed by atoms with E-state index in [1.54, 1.807) is 0 Å². The molecule has 1 aliphatic carbocycles. The molecule has 0 spiro atoms. The van der Waals surface area contributed by atoms with Crippen molar-refractivity contribution >= 4 is 17.5 Å². The SMILES string of the molecule is O=C(C1Cc2ccccc21)N1CCC(OCCCl)CC1. The number of carbonyl (C=O) groups excluding carboxylic acids is 1. The van der Waals surface area contributed by atoms with Crippen LogP contribution in [0.2, 0.25) is 0 Å². The summed E-state index contributed by atoms with van der Waals surface area (Å²) in [6.45, 7) is 2.23. The third-order valence-electron chi connectivity index (χ3n) is 4.34. The van der Waals surface area contributed by atoms with Crippen molar-refractivity contribution in [3.63, 3.8) is 0 Å². The maximum atomic E-state index is 12.5. The van der Waals surface area contributed by atoms with Crippen LogP contribution in [0.4, 0.5) is 0 Å². The first-order valence-electron chi connectivity index (χ1n) is 7.33. The van der Waals surface area contributed by atoms with E-state index in [1.807, 2.05) is 17.0 Å². The number of hydrogen-bond acceptors (Lipinski definition) is 2. The number of piperidine rings is 1. The zero-order valence-corrected chi connectivity index (χ0v) is 12.3. The molecule has 0 aromatic heterocycles. The molecule has 1 aliphatic heterocycles. The van der Waals surface area contributed by atoms with Gasteiger partial charge in [0.15, 0.2) is 0 Å². The van der Waals surface area contributed by atoms with Crippen LogP contribution in [0.15, 0.2) is 24.3 Å². The number of fused-ring (bicyclic) bond motifs is 1. The summed E-state index contributed by atoms with van der Waals surface area (Å²) >= 11 is 5.63. The Kier molecular flexibility index (Phi) is 4.27. The first-order chi connectivity index (χ1) is 9.79. The molecule has 20 heavy (non-hydrogen) atoms. The van der Waals surface area contributed by atoms with E-state index >= 15 is 0 Å². The summed E-state index contributed by atoms with van der Waals surface area (Å²) < 4.78 is 5.65. The Morgan fingerprint density at radius 1 is 1.30 bits per heavy atom. The number of hydrogen-bond donors (Lipinski definition) is 0. The van der Waals surface area contributed by atoms with Gasteiger partial charge in [-0.15, -0.1) is 11.6 Å². The third kappa shape index (κ3) is 2.70. The number of rotatable bonds is 4. The van der Waals surface area contributed by atoms with Crippen LogP contribution in [0.25, 0.3) is 0 Å². The molecular formula is C16H20ClNO2. The van der Waals surface area contributed by atoms with E-state index in [0.29, 0.717) is 18.4 Å². The highest BCUT2D eigenvalue weighted by Crippen LogP contribution is 2.36. The predicted octanol–water partition coefficient (Wildman–Crippen LogP) is 2.57. The Balaban J connectivity index is 1.53. The molecule has 4 heteroatoms. The number of alkyl halides is 1. The number of ether oxygens (including phenoxy) is 1. The quantitative estimate of drug-likeness (QED) is 0.799. The van der Waals surface area contributed by atoms with Gasteiger partial charge in [-0.05, 0) is 30.4 Å². The maximum absolute atomic E-state index is 12.5. The van der Waals surface area contributed by atoms with Crippen molar-refractivity contribution in [2.75, 3.05) is 25.6 Å². The highest BCUT2D eigenvalue weighted by molar-refractivity contribution is 6.17. The minimum absolute atomic E-state index is 0.0894. The van der Waals surface area contributed by atoms with Gasteiger partial charge in [0, 0.05) is 19.0 Å². The van der Waals surface area contributed by atoms with Crippen molar-refractivity contribution < 1.29 is 9.53 Å². The monoisotopic (exact) mass is 293 g/mol. The standard InChI is InChI=1S/C16H20ClNO2/c17-7-10-20-13-5-8-18(9-6-13)16(19)15-11-12-3-1-2-4-14(12)15/h1-4,13,15H,5-11H2. The van der Waals surface area contributed by atoms with E-state index < -0.39 is 0 Å². The first kappa shape index (κ1) is 13.9. The van der Waals surface area contributed by atoms with Gasteiger partial charge in [0.05, 0.1) is 18.6 Å². The third-order valence-corrected chi connectivity index (χ3v) is 4.49. The van der Waals surface area contributed by atoms with Crippen molar-refractivity contribution in [2.24, 2.45) is 0 Å². The lowest BCUT2D eigenvalue weighted by atomic mass is 9.76. The van der Waals surface area contributed by atoms with Crippen molar-refractivity contribution in [3.8, 4) is 0 Å². The van der Waals surface area contributed by atoms with Gasteiger partial charge in [-0.1, -0.05) is 24.3 Å². The highest BCUT2D eigenvalue weighted by Gasteiger charge is 2.35. The Morgan fingerprint density at radius 2 is 2.05 bits per heavy atom. The minimum Gasteiger partial charge on any atom is -0.377 e. The summed E-state index contributed by atoms with van der Waals surface area (Å²) in [4.78, 5) is 14.5. The van der Waals surface area contributed by atoms with Crippen LogP contribution in [0, 0.1) is 0 Å². The molecule has 1 unspecified atom stereocenters. The van der Waals surface area contributed by atoms with Crippen LogP contribution in [0.1, 0.15) is 29.9 Å². The molecule has 1 atom stereocenters. The highest BCUT2D eigenvalue weighted by atomic mass is 35.5. The lowest BCUT2D eigenvalue weighted by Gasteiger charge is -2.37. The van der Waals surface area contributed by atoms with Crippen LogP contribution in [0.5, 0.6) is 0 Å². The number of amides is 1. The van der Waals surface area contributed by atoms with Crippen LogP contribution < -0.4 is 0 Å². The Labute approximate surface area is 124 Å². The first-order valence-corrected chi connectivity index (χ1v) is 7.87. The van der Waals surface area contributed by atoms with Gasteiger partial charge in [-0.3, -0.25) is 4.79 Å². The second kappa shape index (κ2) is 6.15. The normalized spacial score (nSPS) is 22.2. The van der Waals surface area contributed by atoms with Crippen molar-refractivity contribution in [1.82, 2.24) is 4.90 Å². The number of carbonyl (C=O) groups is 1. The summed E-state index contributed by atoms with van der Waals surface area (Å²) in [5, 5.41) is 0. The van der Waals surface area contributed by atoms with Gasteiger partial charge in [-0.2, -0.15) is 0 Å². The fourth-order valence-electron chi connectivity index (χ4n) is 3.15. The smallest absolute Gasteiger partial charge is 0.230 e. The number of benzene rings is 1. The number of halogens is 1. The van der Waals surface area contributed by atoms with Crippen LogP contribution >= 0.6 is 11.6 Å². The van der Waals surface area contributed by atoms with Gasteiger partial charge >= 0.3 is 0 Å². The molecule has 1 heterocycles. The molecule has 0 N–H and O–H groups in total. The van der Waals surface area contributed by atoms with E-state index in [4.69, 9.17) is 16.3 Å². The molecule has 1 amide bonds. The second-order valence-electron chi connectivity index (χ2n) is 5.54. The van der Waals surface area contributed by atoms with Gasteiger partial charge in [0.1, 0.15) is 0 Å². The topological polar surface area (TPSA) is 29.5 Å². The molecule has 0 saturated carbocycles. The van der Waals surface area contributed by atoms with Crippen molar-refractivity contribution in [3.05, 3.63) is 35.4 Å². The summed E-state index contributed by atoms with van der Waals surface area (Å²) in [5.41, 5.74) is 2.55. The van der Waals surface area contributed by atoms with E-state index in [9.17, 15) is 4.79 Å². The van der Waals surface area contributed by atoms with Gasteiger partial charge < -0.3 is 9.64 Å². The largest absolute Gasteiger partial charge is 0.377 e. The molecule has 1 saturated heterocycles. The van der Waals surface area contributed by atoms with Crippen LogP contribution in [0.3, 0.4) is 0 Å². The lowest BCUT2D eigenvalue weighted by Crippen LogP contribution is -2.45. The fourth-order valence-corrected chi connectivity index (χ4v) is 3.24. The molecule has 2 aliphatic rings. The van der Waals surface area contributed by atoms with Crippen molar-refractivity contribution in [1.29, 1.82) is 0 Å². The van der Waals surface area contributed by atoms with E-state index in [0.717, 1.165) is 32.4 Å². The lowest BCUT2D eigenvalue weighted by molar-refractivity contribution is -0.136. The van der Waals surface area contributed by atoms with Gasteiger partial charge in [-0.25, -0.2) is 0 Å². The Hall–Kier alpha value is -1.06. The molecule has 3 nitrogen and oxygen atoms in total. The average molecular weight is 294 g/mol. The fraction of sp³-hybridized carbons (Fsp3) is 0.562. The molecule has 0 bridgehead atoms. The molecule has 1 aromatic carbocycles. The van der Waals surface area contributed by atoms with E-state index in [2.05, 4.69) is 12.1 Å². The number of likely N-dealkylation sites (tertiary alicyclic amines) is 1. The van der Waals surface area contributed by atoms with Crippen LogP contribution in [-0.2, 0) is 16.0 Å². The Morgan fingerprint density at radius 3 is 2.75 bits per heavy atom. The maximum Gasteiger partial charge on any atom is 0.230 e. The van der Waals surface area contributed by atoms with Gasteiger partial charge in [0.2, 0.25) is 5.91 Å². The Bertz CT molecular complexity index is 483. The summed E-state index contributed by atoms with van der Waals surface area (Å²) in [6, 6.07) is 8.26. The molecule has 3 rings (SSSR count). The zero-order valence-electron chi connectivity index (χ0n) is 11.6. The summed E-state index contributed by atoms with van der Waals surface area (Å²) in [5.74, 6) is 0.920. The minimum atomic E-state index is 0.0894. The van der Waals surface area contributed by atoms with E-state index in [1.165, 1.54) is 11.1 Å². The second-order valence-corrected chi connectivity index (χ2v) is 5.92. The van der Waals surface area contributed by atoms with E-state index in [-0.39, 0.29) is 12.0 Å². The molecule has 0 radical (unpaired) electrons. The van der Waals surface area contributed by atoms with Crippen LogP contribution in [-0.4, -0.2) is 42.5 Å². The molecular weight excluding hydrogens is 274 g/mol. The average Bonchev–Trinajstić information content (AvgIpc) is 2.47. The molecule has 1 fully saturated rings. The summed E-state index contributed by atoms with van der Waals surface area (Å²) in [6.07, 6.45) is 3.03. The molecule has 1 aromatic rings. The van der Waals surface area contributed by atoms with Gasteiger partial charge in [0.25, 0.3) is 0 Å². The zero-order chi connectivity index (χ0) is 13.9. The summed E-state index contributed by atoms with van der Waals surface area (Å²) in [7, 11) is 0.